The van der Waals surface area contributed by atoms with Crippen LogP contribution < -0.4 is 4.72 Å². The van der Waals surface area contributed by atoms with Crippen molar-refractivity contribution in [1.29, 1.82) is 0 Å². The van der Waals surface area contributed by atoms with E-state index in [2.05, 4.69) is 4.72 Å². The Morgan fingerprint density at radius 3 is 2.63 bits per heavy atom. The second-order valence-corrected chi connectivity index (χ2v) is 7.09. The predicted octanol–water partition coefficient (Wildman–Crippen LogP) is 0.227. The first-order valence-corrected chi connectivity index (χ1v) is 8.15. The molecule has 7 nitrogen and oxygen atoms in total. The number of hydrogen-bond donors (Lipinski definition) is 2. The summed E-state index contributed by atoms with van der Waals surface area (Å²) in [5, 5.41) is 8.93. The highest BCUT2D eigenvalue weighted by Crippen LogP contribution is 2.36. The first kappa shape index (κ1) is 14.5. The van der Waals surface area contributed by atoms with Crippen molar-refractivity contribution in [2.45, 2.75) is 37.8 Å². The Bertz CT molecular complexity index is 442. The lowest BCUT2D eigenvalue weighted by Gasteiger charge is -2.41. The predicted molar refractivity (Wildman–Crippen MR) is 68.5 cm³/mol. The lowest BCUT2D eigenvalue weighted by Crippen LogP contribution is -2.56. The summed E-state index contributed by atoms with van der Waals surface area (Å²) in [5.74, 6) is 0.0425. The monoisotopic (exact) mass is 292 g/mol. The topological polar surface area (TPSA) is 95.9 Å². The van der Waals surface area contributed by atoms with Crippen LogP contribution in [0.25, 0.3) is 0 Å². The van der Waals surface area contributed by atoms with E-state index in [1.807, 2.05) is 0 Å². The van der Waals surface area contributed by atoms with Gasteiger partial charge in [-0.15, -0.1) is 0 Å². The van der Waals surface area contributed by atoms with Gasteiger partial charge < -0.3 is 14.7 Å². The van der Waals surface area contributed by atoms with Crippen LogP contribution in [-0.4, -0.2) is 61.6 Å². The van der Waals surface area contributed by atoms with E-state index in [1.165, 1.54) is 4.90 Å². The molecule has 0 bridgehead atoms. The molecule has 2 rings (SSSR count). The largest absolute Gasteiger partial charge is 0.465 e. The van der Waals surface area contributed by atoms with Gasteiger partial charge in [0.15, 0.2) is 0 Å². The van der Waals surface area contributed by atoms with Gasteiger partial charge in [0.2, 0.25) is 10.0 Å². The van der Waals surface area contributed by atoms with Crippen LogP contribution in [-0.2, 0) is 14.8 Å². The van der Waals surface area contributed by atoms with Crippen LogP contribution in [0.15, 0.2) is 0 Å². The SMILES string of the molecule is CCS(=O)(=O)NC1CCOC12CCN(C(=O)O)CC2. The van der Waals surface area contributed by atoms with Crippen LogP contribution in [0, 0.1) is 0 Å². The molecule has 0 radical (unpaired) electrons. The van der Waals surface area contributed by atoms with Gasteiger partial charge in [-0.25, -0.2) is 17.9 Å². The van der Waals surface area contributed by atoms with Gasteiger partial charge in [-0.1, -0.05) is 0 Å². The Balaban J connectivity index is 2.05. The van der Waals surface area contributed by atoms with Crippen molar-refractivity contribution in [1.82, 2.24) is 9.62 Å². The molecule has 0 aliphatic carbocycles. The first-order valence-electron chi connectivity index (χ1n) is 6.50. The van der Waals surface area contributed by atoms with Gasteiger partial charge in [0.25, 0.3) is 0 Å². The number of hydrogen-bond acceptors (Lipinski definition) is 4. The van der Waals surface area contributed by atoms with E-state index < -0.39 is 21.7 Å². The summed E-state index contributed by atoms with van der Waals surface area (Å²) in [6.45, 7) is 2.89. The Hall–Kier alpha value is -0.860. The molecular weight excluding hydrogens is 272 g/mol. The minimum atomic E-state index is -3.27. The van der Waals surface area contributed by atoms with Gasteiger partial charge in [0.05, 0.1) is 17.4 Å². The minimum Gasteiger partial charge on any atom is -0.465 e. The zero-order valence-corrected chi connectivity index (χ0v) is 11.8. The van der Waals surface area contributed by atoms with Crippen molar-refractivity contribution >= 4 is 16.1 Å². The zero-order valence-electron chi connectivity index (χ0n) is 11.0. The van der Waals surface area contributed by atoms with Gasteiger partial charge >= 0.3 is 6.09 Å². The smallest absolute Gasteiger partial charge is 0.407 e. The summed E-state index contributed by atoms with van der Waals surface area (Å²) >= 11 is 0. The van der Waals surface area contributed by atoms with Gasteiger partial charge in [0, 0.05) is 19.7 Å². The van der Waals surface area contributed by atoms with Crippen LogP contribution in [0.4, 0.5) is 4.79 Å². The highest BCUT2D eigenvalue weighted by Gasteiger charge is 2.48. The summed E-state index contributed by atoms with van der Waals surface area (Å²) < 4.78 is 31.8. The van der Waals surface area contributed by atoms with E-state index in [1.54, 1.807) is 6.92 Å². The normalized spacial score (nSPS) is 26.8. The van der Waals surface area contributed by atoms with Crippen molar-refractivity contribution in [2.24, 2.45) is 0 Å². The van der Waals surface area contributed by atoms with Gasteiger partial charge in [-0.05, 0) is 26.2 Å². The zero-order chi connectivity index (χ0) is 14.1. The molecule has 2 aliphatic rings. The average molecular weight is 292 g/mol. The highest BCUT2D eigenvalue weighted by atomic mass is 32.2. The number of carboxylic acid groups (broad SMARTS) is 1. The highest BCUT2D eigenvalue weighted by molar-refractivity contribution is 7.89. The van der Waals surface area contributed by atoms with E-state index in [0.717, 1.165) is 0 Å². The summed E-state index contributed by atoms with van der Waals surface area (Å²) in [4.78, 5) is 12.2. The summed E-state index contributed by atoms with van der Waals surface area (Å²) in [6, 6.07) is -0.242. The molecule has 0 aromatic rings. The quantitative estimate of drug-likeness (QED) is 0.776. The Morgan fingerprint density at radius 1 is 1.47 bits per heavy atom. The van der Waals surface area contributed by atoms with E-state index >= 15 is 0 Å². The number of likely N-dealkylation sites (tertiary alicyclic amines) is 1. The summed E-state index contributed by atoms with van der Waals surface area (Å²) in [5.41, 5.74) is -0.534. The molecule has 0 saturated carbocycles. The third-order valence-corrected chi connectivity index (χ3v) is 5.42. The molecule has 2 aliphatic heterocycles. The van der Waals surface area contributed by atoms with Crippen molar-refractivity contribution in [2.75, 3.05) is 25.4 Å². The maximum atomic E-state index is 11.7. The van der Waals surface area contributed by atoms with E-state index in [4.69, 9.17) is 9.84 Å². The fraction of sp³-hybridized carbons (Fsp3) is 0.909. The number of sulfonamides is 1. The van der Waals surface area contributed by atoms with E-state index in [0.29, 0.717) is 39.0 Å². The third-order valence-electron chi connectivity index (χ3n) is 4.01. The minimum absolute atomic E-state index is 0.0425. The van der Waals surface area contributed by atoms with Gasteiger partial charge in [-0.3, -0.25) is 0 Å². The fourth-order valence-corrected chi connectivity index (χ4v) is 3.71. The maximum absolute atomic E-state index is 11.7. The van der Waals surface area contributed by atoms with Crippen molar-refractivity contribution in [3.8, 4) is 0 Å². The second kappa shape index (κ2) is 5.26. The van der Waals surface area contributed by atoms with Gasteiger partial charge in [-0.2, -0.15) is 0 Å². The number of rotatable bonds is 3. The molecule has 1 spiro atoms. The number of nitrogens with one attached hydrogen (secondary N) is 1. The maximum Gasteiger partial charge on any atom is 0.407 e. The number of piperidine rings is 1. The molecule has 1 atom stereocenters. The summed E-state index contributed by atoms with van der Waals surface area (Å²) in [7, 11) is -3.27. The molecule has 0 aromatic carbocycles. The Morgan fingerprint density at radius 2 is 2.11 bits per heavy atom. The first-order chi connectivity index (χ1) is 8.88. The van der Waals surface area contributed by atoms with Crippen LogP contribution in [0.5, 0.6) is 0 Å². The number of carbonyl (C=O) groups is 1. The van der Waals surface area contributed by atoms with Gasteiger partial charge in [0.1, 0.15) is 0 Å². The number of ether oxygens (including phenoxy) is 1. The molecule has 2 fully saturated rings. The van der Waals surface area contributed by atoms with Crippen molar-refractivity contribution in [3.63, 3.8) is 0 Å². The van der Waals surface area contributed by atoms with Crippen LogP contribution in [0.1, 0.15) is 26.2 Å². The summed E-state index contributed by atoms with van der Waals surface area (Å²) in [6.07, 6.45) is 0.789. The van der Waals surface area contributed by atoms with Crippen molar-refractivity contribution in [3.05, 3.63) is 0 Å². The molecule has 19 heavy (non-hydrogen) atoms. The Labute approximate surface area is 113 Å². The van der Waals surface area contributed by atoms with E-state index in [9.17, 15) is 13.2 Å². The molecule has 2 N–H and O–H groups in total. The number of amides is 1. The molecule has 8 heteroatoms. The molecule has 2 heterocycles. The third kappa shape index (κ3) is 3.01. The van der Waals surface area contributed by atoms with Crippen LogP contribution in [0.2, 0.25) is 0 Å². The standard InChI is InChI=1S/C11H20N2O5S/c1-2-19(16,17)12-9-3-8-18-11(9)4-6-13(7-5-11)10(14)15/h9,12H,2-8H2,1H3,(H,14,15). The van der Waals surface area contributed by atoms with E-state index in [-0.39, 0.29) is 11.8 Å². The molecule has 1 amide bonds. The second-order valence-electron chi connectivity index (χ2n) is 5.05. The molecule has 110 valence electrons. The lowest BCUT2D eigenvalue weighted by molar-refractivity contribution is -0.0491. The molecule has 1 unspecified atom stereocenters. The molecule has 0 aromatic heterocycles. The number of nitrogens with zero attached hydrogens (tertiary/aromatic N) is 1. The van der Waals surface area contributed by atoms with Crippen LogP contribution >= 0.6 is 0 Å². The fourth-order valence-electron chi connectivity index (χ4n) is 2.78. The van der Waals surface area contributed by atoms with Crippen LogP contribution in [0.3, 0.4) is 0 Å². The van der Waals surface area contributed by atoms with Crippen molar-refractivity contribution < 1.29 is 23.1 Å². The Kier molecular flexibility index (Phi) is 4.03. The molecule has 2 saturated heterocycles. The average Bonchev–Trinajstić information content (AvgIpc) is 2.72. The molecular formula is C11H20N2O5S. The lowest BCUT2D eigenvalue weighted by atomic mass is 9.85.